The minimum atomic E-state index is -0.746. The molecule has 3 aromatic carbocycles. The van der Waals surface area contributed by atoms with Gasteiger partial charge in [-0.2, -0.15) is 0 Å². The molecule has 0 fully saturated rings. The fourth-order valence-electron chi connectivity index (χ4n) is 3.46. The number of nitro groups is 1. The summed E-state index contributed by atoms with van der Waals surface area (Å²) >= 11 is 0. The number of aromatic nitrogens is 1. The molecule has 0 unspecified atom stereocenters. The Kier molecular flexibility index (Phi) is 6.12. The second-order valence-electron chi connectivity index (χ2n) is 7.37. The van der Waals surface area contributed by atoms with Crippen LogP contribution in [0.5, 0.6) is 11.6 Å². The fourth-order valence-corrected chi connectivity index (χ4v) is 3.46. The third-order valence-corrected chi connectivity index (χ3v) is 5.02. The standard InChI is InChI=1S/C24H20N4O5/c1-16-11-12-21(20(13-16)28(31)32)33-15-22(29)25-26-23-18-9-5-6-10-19(18)27(24(23)30)14-17-7-3-2-4-8-17/h2-13,30H,14-15H2,1H3. The summed E-state index contributed by atoms with van der Waals surface area (Å²) in [6, 6.07) is 21.3. The first-order valence-corrected chi connectivity index (χ1v) is 10.1. The molecule has 0 atom stereocenters. The van der Waals surface area contributed by atoms with E-state index in [1.807, 2.05) is 42.5 Å². The van der Waals surface area contributed by atoms with Gasteiger partial charge >= 0.3 is 11.6 Å². The molecule has 1 heterocycles. The number of rotatable bonds is 7. The monoisotopic (exact) mass is 444 g/mol. The van der Waals surface area contributed by atoms with Gasteiger partial charge in [0.15, 0.2) is 18.0 Å². The van der Waals surface area contributed by atoms with Crippen LogP contribution in [0.3, 0.4) is 0 Å². The van der Waals surface area contributed by atoms with E-state index in [4.69, 9.17) is 4.74 Å². The molecular formula is C24H20N4O5. The van der Waals surface area contributed by atoms with Crippen molar-refractivity contribution < 1.29 is 19.6 Å². The van der Waals surface area contributed by atoms with Gasteiger partial charge in [-0.1, -0.05) is 54.6 Å². The van der Waals surface area contributed by atoms with Gasteiger partial charge in [-0.05, 0) is 30.2 Å². The lowest BCUT2D eigenvalue weighted by Gasteiger charge is -2.06. The summed E-state index contributed by atoms with van der Waals surface area (Å²) < 4.78 is 6.98. The highest BCUT2D eigenvalue weighted by Crippen LogP contribution is 2.39. The second-order valence-corrected chi connectivity index (χ2v) is 7.37. The molecule has 0 spiro atoms. The molecule has 0 saturated heterocycles. The molecule has 4 aromatic rings. The van der Waals surface area contributed by atoms with Crippen molar-refractivity contribution in [2.75, 3.05) is 6.61 Å². The van der Waals surface area contributed by atoms with Crippen molar-refractivity contribution in [1.29, 1.82) is 0 Å². The average molecular weight is 444 g/mol. The number of carbonyl (C=O) groups is 1. The minimum Gasteiger partial charge on any atom is -0.493 e. The van der Waals surface area contributed by atoms with E-state index in [0.29, 0.717) is 17.5 Å². The number of hydrogen-bond acceptors (Lipinski definition) is 6. The first kappa shape index (κ1) is 21.7. The van der Waals surface area contributed by atoms with Crippen molar-refractivity contribution in [2.24, 2.45) is 10.2 Å². The van der Waals surface area contributed by atoms with E-state index < -0.39 is 17.4 Å². The van der Waals surface area contributed by atoms with Crippen molar-refractivity contribution in [2.45, 2.75) is 13.5 Å². The van der Waals surface area contributed by atoms with Crippen LogP contribution >= 0.6 is 0 Å². The topological polar surface area (TPSA) is 119 Å². The molecule has 0 radical (unpaired) electrons. The maximum atomic E-state index is 12.2. The summed E-state index contributed by atoms with van der Waals surface area (Å²) in [6.07, 6.45) is 0. The minimum absolute atomic E-state index is 0.0311. The van der Waals surface area contributed by atoms with Gasteiger partial charge in [0.25, 0.3) is 0 Å². The molecular weight excluding hydrogens is 424 g/mol. The van der Waals surface area contributed by atoms with Gasteiger partial charge in [-0.15, -0.1) is 10.2 Å². The van der Waals surface area contributed by atoms with E-state index >= 15 is 0 Å². The molecule has 4 rings (SSSR count). The number of aromatic hydroxyl groups is 1. The number of carbonyl (C=O) groups excluding carboxylic acids is 1. The molecule has 0 bridgehead atoms. The van der Waals surface area contributed by atoms with Crippen LogP contribution in [0.25, 0.3) is 10.9 Å². The van der Waals surface area contributed by atoms with Gasteiger partial charge in [-0.3, -0.25) is 14.9 Å². The summed E-state index contributed by atoms with van der Waals surface area (Å²) in [7, 11) is 0. The summed E-state index contributed by atoms with van der Waals surface area (Å²) in [6.45, 7) is 1.60. The number of nitro benzene ring substituents is 1. The Hall–Kier alpha value is -4.53. The smallest absolute Gasteiger partial charge is 0.311 e. The summed E-state index contributed by atoms with van der Waals surface area (Å²) in [5, 5.41) is 30.3. The number of azo groups is 1. The van der Waals surface area contributed by atoms with Crippen LogP contribution < -0.4 is 4.74 Å². The molecule has 9 nitrogen and oxygen atoms in total. The van der Waals surface area contributed by atoms with Gasteiger partial charge in [0, 0.05) is 11.5 Å². The number of hydrogen-bond donors (Lipinski definition) is 1. The Labute approximate surface area is 188 Å². The van der Waals surface area contributed by atoms with Crippen LogP contribution in [0, 0.1) is 17.0 Å². The fraction of sp³-hybridized carbons (Fsp3) is 0.125. The van der Waals surface area contributed by atoms with E-state index in [1.165, 1.54) is 12.1 Å². The molecule has 1 N–H and O–H groups in total. The predicted molar refractivity (Wildman–Crippen MR) is 122 cm³/mol. The van der Waals surface area contributed by atoms with Crippen molar-refractivity contribution in [3.63, 3.8) is 0 Å². The average Bonchev–Trinajstić information content (AvgIpc) is 3.08. The normalized spacial score (nSPS) is 11.2. The number of nitrogens with zero attached hydrogens (tertiary/aromatic N) is 4. The summed E-state index contributed by atoms with van der Waals surface area (Å²) in [5.74, 6) is -0.896. The number of fused-ring (bicyclic) bond motifs is 1. The van der Waals surface area contributed by atoms with Crippen LogP contribution in [-0.4, -0.2) is 27.1 Å². The van der Waals surface area contributed by atoms with Gasteiger partial charge in [0.2, 0.25) is 5.88 Å². The lowest BCUT2D eigenvalue weighted by Crippen LogP contribution is -2.09. The predicted octanol–water partition coefficient (Wildman–Crippen LogP) is 5.30. The molecule has 9 heteroatoms. The first-order valence-electron chi connectivity index (χ1n) is 10.1. The van der Waals surface area contributed by atoms with Crippen molar-refractivity contribution in [3.05, 3.63) is 94.0 Å². The SMILES string of the molecule is Cc1ccc(OCC(=O)N=Nc2c(O)n(Cc3ccccc3)c3ccccc23)c([N+](=O)[O-])c1. The van der Waals surface area contributed by atoms with Crippen LogP contribution in [0.2, 0.25) is 0 Å². The zero-order valence-electron chi connectivity index (χ0n) is 17.7. The van der Waals surface area contributed by atoms with Crippen molar-refractivity contribution >= 4 is 28.2 Å². The Morgan fingerprint density at radius 1 is 1.09 bits per heavy atom. The maximum absolute atomic E-state index is 12.2. The number of amides is 1. The van der Waals surface area contributed by atoms with Crippen molar-refractivity contribution in [3.8, 4) is 11.6 Å². The van der Waals surface area contributed by atoms with Crippen LogP contribution in [0.1, 0.15) is 11.1 Å². The van der Waals surface area contributed by atoms with Crippen LogP contribution in [0.4, 0.5) is 11.4 Å². The molecule has 1 aromatic heterocycles. The van der Waals surface area contributed by atoms with Crippen molar-refractivity contribution in [1.82, 2.24) is 4.57 Å². The van der Waals surface area contributed by atoms with E-state index in [-0.39, 0.29) is 23.0 Å². The van der Waals surface area contributed by atoms with Gasteiger partial charge < -0.3 is 14.4 Å². The second kappa shape index (κ2) is 9.31. The van der Waals surface area contributed by atoms with E-state index in [2.05, 4.69) is 10.2 Å². The highest BCUT2D eigenvalue weighted by atomic mass is 16.6. The summed E-state index contributed by atoms with van der Waals surface area (Å²) in [4.78, 5) is 22.9. The number of ether oxygens (including phenoxy) is 1. The Morgan fingerprint density at radius 3 is 2.58 bits per heavy atom. The van der Waals surface area contributed by atoms with E-state index in [1.54, 1.807) is 29.7 Å². The van der Waals surface area contributed by atoms with Crippen LogP contribution in [-0.2, 0) is 11.3 Å². The largest absolute Gasteiger partial charge is 0.493 e. The third-order valence-electron chi connectivity index (χ3n) is 5.02. The molecule has 33 heavy (non-hydrogen) atoms. The first-order chi connectivity index (χ1) is 15.9. The Balaban J connectivity index is 1.55. The molecule has 166 valence electrons. The molecule has 0 aliphatic rings. The van der Waals surface area contributed by atoms with Gasteiger partial charge in [0.05, 0.1) is 17.0 Å². The molecule has 1 amide bonds. The van der Waals surface area contributed by atoms with E-state index in [9.17, 15) is 20.0 Å². The van der Waals surface area contributed by atoms with Gasteiger partial charge in [-0.25, -0.2) is 0 Å². The summed E-state index contributed by atoms with van der Waals surface area (Å²) in [5.41, 5.74) is 2.35. The highest BCUT2D eigenvalue weighted by molar-refractivity contribution is 5.95. The highest BCUT2D eigenvalue weighted by Gasteiger charge is 2.18. The third kappa shape index (κ3) is 4.72. The van der Waals surface area contributed by atoms with Gasteiger partial charge in [0.1, 0.15) is 0 Å². The van der Waals surface area contributed by atoms with Crippen LogP contribution in [0.15, 0.2) is 83.0 Å². The Bertz CT molecular complexity index is 1360. The zero-order valence-corrected chi connectivity index (χ0v) is 17.7. The Morgan fingerprint density at radius 2 is 1.82 bits per heavy atom. The molecule has 0 aliphatic carbocycles. The number of benzene rings is 3. The number of aryl methyl sites for hydroxylation is 1. The zero-order chi connectivity index (χ0) is 23.4. The molecule has 0 aliphatic heterocycles. The lowest BCUT2D eigenvalue weighted by molar-refractivity contribution is -0.385. The molecule has 0 saturated carbocycles. The van der Waals surface area contributed by atoms with E-state index in [0.717, 1.165) is 11.1 Å². The lowest BCUT2D eigenvalue weighted by atomic mass is 10.2. The maximum Gasteiger partial charge on any atom is 0.311 e. The quantitative estimate of drug-likeness (QED) is 0.236. The number of para-hydroxylation sites is 1.